The van der Waals surface area contributed by atoms with Crippen LogP contribution in [0.25, 0.3) is 0 Å². The van der Waals surface area contributed by atoms with Crippen LogP contribution in [0, 0.1) is 10.1 Å². The van der Waals surface area contributed by atoms with E-state index in [-0.39, 0.29) is 5.69 Å². The molecule has 0 aliphatic heterocycles. The van der Waals surface area contributed by atoms with Crippen molar-refractivity contribution < 1.29 is 4.92 Å². The lowest BCUT2D eigenvalue weighted by Crippen LogP contribution is -2.38. The summed E-state index contributed by atoms with van der Waals surface area (Å²) in [6.45, 7) is 7.11. The molecule has 0 saturated heterocycles. The van der Waals surface area contributed by atoms with Crippen LogP contribution in [0.5, 0.6) is 0 Å². The lowest BCUT2D eigenvalue weighted by Gasteiger charge is -2.09. The molecule has 0 aliphatic carbocycles. The first-order valence-corrected chi connectivity index (χ1v) is 9.50. The van der Waals surface area contributed by atoms with Gasteiger partial charge in [0.05, 0.1) is 16.8 Å². The summed E-state index contributed by atoms with van der Waals surface area (Å²) < 4.78 is 1.73. The minimum absolute atomic E-state index is 0.100. The van der Waals surface area contributed by atoms with Gasteiger partial charge in [0.1, 0.15) is 8.07 Å². The molecule has 2 aromatic rings. The summed E-state index contributed by atoms with van der Waals surface area (Å²) in [6.07, 6.45) is 1.94. The van der Waals surface area contributed by atoms with Gasteiger partial charge in [-0.15, -0.1) is 5.10 Å². The zero-order valence-corrected chi connectivity index (χ0v) is 12.2. The van der Waals surface area contributed by atoms with Gasteiger partial charge in [0.25, 0.3) is 5.69 Å². The maximum atomic E-state index is 10.7. The van der Waals surface area contributed by atoms with Gasteiger partial charge in [-0.3, -0.25) is 10.1 Å². The Morgan fingerprint density at radius 1 is 1.37 bits per heavy atom. The molecule has 0 saturated carbocycles. The third-order valence-electron chi connectivity index (χ3n) is 2.77. The van der Waals surface area contributed by atoms with E-state index in [2.05, 4.69) is 30.0 Å². The van der Waals surface area contributed by atoms with Crippen LogP contribution in [0.2, 0.25) is 19.6 Å². The van der Waals surface area contributed by atoms with E-state index in [1.807, 2.05) is 12.3 Å². The van der Waals surface area contributed by atoms with Gasteiger partial charge in [-0.05, 0) is 5.56 Å². The average molecular weight is 276 g/mol. The minimum atomic E-state index is -1.46. The smallest absolute Gasteiger partial charge is 0.258 e. The van der Waals surface area contributed by atoms with Crippen LogP contribution in [-0.2, 0) is 6.54 Å². The molecule has 0 spiro atoms. The summed E-state index contributed by atoms with van der Waals surface area (Å²) in [6, 6.07) is 6.58. The number of benzene rings is 1. The van der Waals surface area contributed by atoms with E-state index in [1.54, 1.807) is 16.8 Å². The number of rotatable bonds is 4. The number of hydrogen-bond donors (Lipinski definition) is 0. The molecule has 19 heavy (non-hydrogen) atoms. The Bertz CT molecular complexity index is 604. The maximum Gasteiger partial charge on any atom is 0.269 e. The third-order valence-corrected chi connectivity index (χ3v) is 4.54. The molecule has 100 valence electrons. The largest absolute Gasteiger partial charge is 0.269 e. The fourth-order valence-electron chi connectivity index (χ4n) is 1.67. The first kappa shape index (κ1) is 13.4. The van der Waals surface area contributed by atoms with Gasteiger partial charge in [0.2, 0.25) is 0 Å². The molecule has 7 heteroatoms. The Hall–Kier alpha value is -2.02. The monoisotopic (exact) mass is 276 g/mol. The van der Waals surface area contributed by atoms with Crippen molar-refractivity contribution in [3.05, 3.63) is 46.1 Å². The van der Waals surface area contributed by atoms with Gasteiger partial charge >= 0.3 is 0 Å². The summed E-state index contributed by atoms with van der Waals surface area (Å²) in [5.74, 6) is 0. The average Bonchev–Trinajstić information content (AvgIpc) is 2.77. The van der Waals surface area contributed by atoms with Crippen molar-refractivity contribution in [2.24, 2.45) is 0 Å². The van der Waals surface area contributed by atoms with Crippen molar-refractivity contribution in [1.82, 2.24) is 15.0 Å². The fourth-order valence-corrected chi connectivity index (χ4v) is 2.56. The second-order valence-corrected chi connectivity index (χ2v) is 10.5. The first-order valence-electron chi connectivity index (χ1n) is 6.00. The van der Waals surface area contributed by atoms with Crippen molar-refractivity contribution in [1.29, 1.82) is 0 Å². The summed E-state index contributed by atoms with van der Waals surface area (Å²) in [5, 5.41) is 20.0. The highest BCUT2D eigenvalue weighted by Crippen LogP contribution is 2.13. The molecule has 0 fully saturated rings. The van der Waals surface area contributed by atoms with Crippen LogP contribution < -0.4 is 5.32 Å². The Labute approximate surface area is 112 Å². The third kappa shape index (κ3) is 3.25. The first-order chi connectivity index (χ1) is 8.86. The minimum Gasteiger partial charge on any atom is -0.258 e. The maximum absolute atomic E-state index is 10.7. The highest BCUT2D eigenvalue weighted by molar-refractivity contribution is 6.88. The zero-order chi connectivity index (χ0) is 14.0. The molecule has 0 atom stereocenters. The number of nitrogens with zero attached hydrogens (tertiary/aromatic N) is 4. The van der Waals surface area contributed by atoms with Gasteiger partial charge in [0.15, 0.2) is 0 Å². The molecule has 6 nitrogen and oxygen atoms in total. The molecular formula is C12H16N4O2Si. The van der Waals surface area contributed by atoms with Crippen molar-refractivity contribution >= 4 is 19.1 Å². The fraction of sp³-hybridized carbons (Fsp3) is 0.333. The van der Waals surface area contributed by atoms with E-state index < -0.39 is 13.0 Å². The lowest BCUT2D eigenvalue weighted by atomic mass is 10.2. The van der Waals surface area contributed by atoms with Gasteiger partial charge in [-0.25, -0.2) is 4.68 Å². The second kappa shape index (κ2) is 4.92. The number of aromatic nitrogens is 3. The molecule has 0 bridgehead atoms. The summed E-state index contributed by atoms with van der Waals surface area (Å²) in [4.78, 5) is 10.3. The molecule has 0 radical (unpaired) electrons. The lowest BCUT2D eigenvalue weighted by molar-refractivity contribution is -0.384. The second-order valence-electron chi connectivity index (χ2n) is 5.48. The van der Waals surface area contributed by atoms with Crippen LogP contribution in [0.1, 0.15) is 5.56 Å². The molecule has 0 amide bonds. The molecule has 0 aliphatic rings. The SMILES string of the molecule is C[Si](C)(C)c1cn(Cc2cccc([N+](=O)[O-])c2)nn1. The number of nitro benzene ring substituents is 1. The molecule has 0 unspecified atom stereocenters. The number of nitro groups is 1. The van der Waals surface area contributed by atoms with Crippen molar-refractivity contribution in [2.75, 3.05) is 0 Å². The Morgan fingerprint density at radius 2 is 2.11 bits per heavy atom. The van der Waals surface area contributed by atoms with Gasteiger partial charge in [-0.1, -0.05) is 37.0 Å². The quantitative estimate of drug-likeness (QED) is 0.484. The standard InChI is InChI=1S/C12H16N4O2Si/c1-19(2,3)12-9-15(14-13-12)8-10-5-4-6-11(7-10)16(17)18/h4-7,9H,8H2,1-3H3. The summed E-state index contributed by atoms with van der Waals surface area (Å²) in [7, 11) is -1.46. The molecule has 1 heterocycles. The van der Waals surface area contributed by atoms with Crippen LogP contribution in [0.4, 0.5) is 5.69 Å². The predicted molar refractivity (Wildman–Crippen MR) is 75.2 cm³/mol. The summed E-state index contributed by atoms with van der Waals surface area (Å²) >= 11 is 0. The van der Waals surface area contributed by atoms with Crippen LogP contribution in [0.15, 0.2) is 30.5 Å². The zero-order valence-electron chi connectivity index (χ0n) is 11.2. The molecule has 1 aromatic heterocycles. The van der Waals surface area contributed by atoms with Crippen LogP contribution >= 0.6 is 0 Å². The number of non-ortho nitro benzene ring substituents is 1. The van der Waals surface area contributed by atoms with Crippen molar-refractivity contribution in [3.8, 4) is 0 Å². The van der Waals surface area contributed by atoms with Crippen molar-refractivity contribution in [2.45, 2.75) is 26.2 Å². The van der Waals surface area contributed by atoms with E-state index in [0.717, 1.165) is 10.9 Å². The highest BCUT2D eigenvalue weighted by Gasteiger charge is 2.20. The molecule has 1 aromatic carbocycles. The Balaban J connectivity index is 2.19. The van der Waals surface area contributed by atoms with E-state index in [9.17, 15) is 10.1 Å². The van der Waals surface area contributed by atoms with Gasteiger partial charge < -0.3 is 0 Å². The van der Waals surface area contributed by atoms with Crippen LogP contribution in [-0.4, -0.2) is 28.0 Å². The van der Waals surface area contributed by atoms with E-state index >= 15 is 0 Å². The van der Waals surface area contributed by atoms with Crippen molar-refractivity contribution in [3.63, 3.8) is 0 Å². The Morgan fingerprint density at radius 3 is 2.68 bits per heavy atom. The number of hydrogen-bond acceptors (Lipinski definition) is 4. The van der Waals surface area contributed by atoms with Gasteiger partial charge in [-0.2, -0.15) is 0 Å². The van der Waals surface area contributed by atoms with Gasteiger partial charge in [0, 0.05) is 18.3 Å². The van der Waals surface area contributed by atoms with E-state index in [1.165, 1.54) is 6.07 Å². The topological polar surface area (TPSA) is 73.8 Å². The molecule has 2 rings (SSSR count). The summed E-state index contributed by atoms with van der Waals surface area (Å²) in [5.41, 5.74) is 0.948. The molecule has 0 N–H and O–H groups in total. The van der Waals surface area contributed by atoms with E-state index in [0.29, 0.717) is 6.54 Å². The normalized spacial score (nSPS) is 11.5. The predicted octanol–water partition coefficient (Wildman–Crippen LogP) is 1.78. The molecular weight excluding hydrogens is 260 g/mol. The van der Waals surface area contributed by atoms with Crippen LogP contribution in [0.3, 0.4) is 0 Å². The van der Waals surface area contributed by atoms with E-state index in [4.69, 9.17) is 0 Å². The Kier molecular flexibility index (Phi) is 3.48. The highest BCUT2D eigenvalue weighted by atomic mass is 28.3.